The summed E-state index contributed by atoms with van der Waals surface area (Å²) in [6, 6.07) is 1.27. The number of hydrogen-bond donors (Lipinski definition) is 1. The number of hydrogen-bond acceptors (Lipinski definition) is 4. The zero-order valence-electron chi connectivity index (χ0n) is 15.8. The Morgan fingerprint density at radius 3 is 2.14 bits per heavy atom. The number of carbonyl (C=O) groups excluding carboxylic acids is 1. The van der Waals surface area contributed by atoms with Crippen molar-refractivity contribution >= 4 is 40.6 Å². The molecule has 0 bridgehead atoms. The molecule has 1 N–H and O–H groups in total. The summed E-state index contributed by atoms with van der Waals surface area (Å²) in [4.78, 5) is 23.0. The van der Waals surface area contributed by atoms with Crippen LogP contribution in [0.4, 0.5) is 24.7 Å². The van der Waals surface area contributed by atoms with Crippen molar-refractivity contribution in [3.8, 4) is 5.69 Å². The SMILES string of the molecule is CCC(=O)Nc1c([N+](=O)[O-])c(C(C)(C)C)nn1-c1c(Cl)cc(C(F)(F)F)cc1Cl. The van der Waals surface area contributed by atoms with Crippen molar-refractivity contribution in [2.45, 2.75) is 45.7 Å². The van der Waals surface area contributed by atoms with Gasteiger partial charge in [0, 0.05) is 11.8 Å². The zero-order chi connectivity index (χ0) is 22.3. The Morgan fingerprint density at radius 1 is 1.24 bits per heavy atom. The van der Waals surface area contributed by atoms with Gasteiger partial charge in [-0.3, -0.25) is 14.9 Å². The van der Waals surface area contributed by atoms with Gasteiger partial charge in [0.25, 0.3) is 0 Å². The molecule has 0 unspecified atom stereocenters. The van der Waals surface area contributed by atoms with Crippen molar-refractivity contribution in [3.63, 3.8) is 0 Å². The van der Waals surface area contributed by atoms with E-state index in [9.17, 15) is 28.1 Å². The Hall–Kier alpha value is -2.33. The maximum absolute atomic E-state index is 13.0. The molecule has 0 spiro atoms. The Labute approximate surface area is 173 Å². The topological polar surface area (TPSA) is 90.1 Å². The summed E-state index contributed by atoms with van der Waals surface area (Å²) >= 11 is 12.1. The van der Waals surface area contributed by atoms with Crippen molar-refractivity contribution in [1.82, 2.24) is 9.78 Å². The third-order valence-electron chi connectivity index (χ3n) is 3.89. The molecule has 0 saturated carbocycles. The predicted octanol–water partition coefficient (Wildman–Crippen LogP) is 5.75. The van der Waals surface area contributed by atoms with Gasteiger partial charge in [-0.15, -0.1) is 0 Å². The highest BCUT2D eigenvalue weighted by atomic mass is 35.5. The Balaban J connectivity index is 2.88. The smallest absolute Gasteiger partial charge is 0.305 e. The van der Waals surface area contributed by atoms with E-state index in [0.29, 0.717) is 12.1 Å². The van der Waals surface area contributed by atoms with Crippen molar-refractivity contribution in [3.05, 3.63) is 43.5 Å². The Kier molecular flexibility index (Phi) is 6.20. The summed E-state index contributed by atoms with van der Waals surface area (Å²) in [5.74, 6) is -0.899. The first-order valence-electron chi connectivity index (χ1n) is 8.32. The Morgan fingerprint density at radius 2 is 1.76 bits per heavy atom. The number of nitro groups is 1. The number of benzene rings is 1. The second-order valence-corrected chi connectivity index (χ2v) is 7.97. The molecule has 29 heavy (non-hydrogen) atoms. The van der Waals surface area contributed by atoms with E-state index in [4.69, 9.17) is 23.2 Å². The van der Waals surface area contributed by atoms with Gasteiger partial charge in [0.1, 0.15) is 11.4 Å². The molecule has 0 fully saturated rings. The summed E-state index contributed by atoms with van der Waals surface area (Å²) in [6.07, 6.45) is -4.70. The van der Waals surface area contributed by atoms with E-state index in [1.807, 2.05) is 0 Å². The molecule has 2 aromatic rings. The van der Waals surface area contributed by atoms with Crippen LogP contribution in [-0.2, 0) is 16.4 Å². The van der Waals surface area contributed by atoms with Crippen LogP contribution in [0.25, 0.3) is 5.69 Å². The lowest BCUT2D eigenvalue weighted by atomic mass is 9.91. The monoisotopic (exact) mass is 452 g/mol. The van der Waals surface area contributed by atoms with Crippen LogP contribution in [0, 0.1) is 10.1 Å². The van der Waals surface area contributed by atoms with Crippen molar-refractivity contribution in [2.75, 3.05) is 5.32 Å². The van der Waals surface area contributed by atoms with Gasteiger partial charge < -0.3 is 5.32 Å². The molecule has 0 radical (unpaired) electrons. The third-order valence-corrected chi connectivity index (χ3v) is 4.46. The summed E-state index contributed by atoms with van der Waals surface area (Å²) in [6.45, 7) is 6.51. The van der Waals surface area contributed by atoms with E-state index < -0.39 is 43.7 Å². The highest BCUT2D eigenvalue weighted by molar-refractivity contribution is 6.38. The maximum atomic E-state index is 13.0. The predicted molar refractivity (Wildman–Crippen MR) is 103 cm³/mol. The number of rotatable bonds is 4. The van der Waals surface area contributed by atoms with Gasteiger partial charge in [0.15, 0.2) is 0 Å². The van der Waals surface area contributed by atoms with E-state index in [0.717, 1.165) is 4.68 Å². The van der Waals surface area contributed by atoms with Gasteiger partial charge in [0.05, 0.1) is 20.5 Å². The zero-order valence-corrected chi connectivity index (χ0v) is 17.3. The molecule has 0 aliphatic rings. The van der Waals surface area contributed by atoms with E-state index in [2.05, 4.69) is 10.4 Å². The van der Waals surface area contributed by atoms with Crippen LogP contribution in [0.3, 0.4) is 0 Å². The van der Waals surface area contributed by atoms with Crippen LogP contribution in [0.2, 0.25) is 10.0 Å². The normalized spacial score (nSPS) is 12.2. The Bertz CT molecular complexity index is 959. The summed E-state index contributed by atoms with van der Waals surface area (Å²) < 4.78 is 40.0. The first-order valence-corrected chi connectivity index (χ1v) is 9.08. The fourth-order valence-electron chi connectivity index (χ4n) is 2.51. The second-order valence-electron chi connectivity index (χ2n) is 7.15. The minimum atomic E-state index is -4.70. The molecule has 0 saturated heterocycles. The first kappa shape index (κ1) is 23.0. The second kappa shape index (κ2) is 7.83. The van der Waals surface area contributed by atoms with Crippen LogP contribution in [-0.4, -0.2) is 20.6 Å². The van der Waals surface area contributed by atoms with E-state index in [1.54, 1.807) is 20.8 Å². The van der Waals surface area contributed by atoms with Gasteiger partial charge >= 0.3 is 11.9 Å². The molecule has 12 heteroatoms. The number of anilines is 1. The molecule has 1 aromatic heterocycles. The molecule has 1 amide bonds. The number of alkyl halides is 3. The van der Waals surface area contributed by atoms with Crippen molar-refractivity contribution in [2.24, 2.45) is 0 Å². The maximum Gasteiger partial charge on any atom is 0.416 e. The molecule has 1 aromatic carbocycles. The molecule has 0 atom stereocenters. The number of halogens is 5. The molecule has 1 heterocycles. The van der Waals surface area contributed by atoms with Gasteiger partial charge in [-0.05, 0) is 12.1 Å². The van der Waals surface area contributed by atoms with Gasteiger partial charge in [-0.1, -0.05) is 50.9 Å². The molecule has 0 aliphatic carbocycles. The first-order chi connectivity index (χ1) is 13.2. The standard InChI is InChI=1S/C17H17Cl2F3N4O3/c1-5-11(27)23-15-13(26(28)29)14(16(2,3)4)24-25(15)12-9(18)6-8(7-10(12)19)17(20,21)22/h6-7H,5H2,1-4H3,(H,23,27). The molecule has 158 valence electrons. The van der Waals surface area contributed by atoms with Crippen LogP contribution in [0.15, 0.2) is 12.1 Å². The van der Waals surface area contributed by atoms with Crippen LogP contribution in [0.1, 0.15) is 45.4 Å². The number of aromatic nitrogens is 2. The lowest BCUT2D eigenvalue weighted by molar-refractivity contribution is -0.385. The lowest BCUT2D eigenvalue weighted by Gasteiger charge is -2.15. The minimum absolute atomic E-state index is 0.000865. The van der Waals surface area contributed by atoms with Gasteiger partial charge in [-0.2, -0.15) is 18.3 Å². The fraction of sp³-hybridized carbons (Fsp3) is 0.412. The van der Waals surface area contributed by atoms with Gasteiger partial charge in [-0.25, -0.2) is 4.68 Å². The van der Waals surface area contributed by atoms with Crippen LogP contribution < -0.4 is 5.32 Å². The van der Waals surface area contributed by atoms with Crippen LogP contribution in [0.5, 0.6) is 0 Å². The van der Waals surface area contributed by atoms with E-state index >= 15 is 0 Å². The molecular weight excluding hydrogens is 436 g/mol. The van der Waals surface area contributed by atoms with E-state index in [1.165, 1.54) is 6.92 Å². The largest absolute Gasteiger partial charge is 0.416 e. The number of nitrogens with one attached hydrogen (secondary N) is 1. The number of amides is 1. The highest BCUT2D eigenvalue weighted by Gasteiger charge is 2.38. The average molecular weight is 453 g/mol. The van der Waals surface area contributed by atoms with Crippen LogP contribution >= 0.6 is 23.2 Å². The molecular formula is C17H17Cl2F3N4O3. The van der Waals surface area contributed by atoms with Crippen molar-refractivity contribution < 1.29 is 22.9 Å². The minimum Gasteiger partial charge on any atom is -0.305 e. The lowest BCUT2D eigenvalue weighted by Crippen LogP contribution is -2.15. The number of carbonyl (C=O) groups is 1. The summed E-state index contributed by atoms with van der Waals surface area (Å²) in [5, 5.41) is 17.4. The molecule has 2 rings (SSSR count). The fourth-order valence-corrected chi connectivity index (χ4v) is 3.16. The van der Waals surface area contributed by atoms with E-state index in [-0.39, 0.29) is 23.6 Å². The third kappa shape index (κ3) is 4.64. The summed E-state index contributed by atoms with van der Waals surface area (Å²) in [7, 11) is 0. The summed E-state index contributed by atoms with van der Waals surface area (Å²) in [5.41, 5.74) is -2.63. The quantitative estimate of drug-likeness (QED) is 0.472. The number of nitrogens with zero attached hydrogens (tertiary/aromatic N) is 3. The average Bonchev–Trinajstić information content (AvgIpc) is 2.92. The van der Waals surface area contributed by atoms with Crippen molar-refractivity contribution in [1.29, 1.82) is 0 Å². The molecule has 0 aliphatic heterocycles. The molecule has 7 nitrogen and oxygen atoms in total. The van der Waals surface area contributed by atoms with Gasteiger partial charge in [0.2, 0.25) is 11.7 Å². The highest BCUT2D eigenvalue weighted by Crippen LogP contribution is 2.42.